The molecule has 2 N–H and O–H groups in total. The van der Waals surface area contributed by atoms with E-state index in [1.807, 2.05) is 18.2 Å². The average molecular weight is 310 g/mol. The number of nitrogens with two attached hydrogens (primary N) is 1. The second-order valence-corrected chi connectivity index (χ2v) is 5.44. The first kappa shape index (κ1) is 16.1. The Morgan fingerprint density at radius 3 is 2.61 bits per heavy atom. The van der Waals surface area contributed by atoms with Crippen LogP contribution in [0.4, 0.5) is 0 Å². The van der Waals surface area contributed by atoms with Gasteiger partial charge in [-0.3, -0.25) is 4.90 Å². The fourth-order valence-electron chi connectivity index (χ4n) is 2.26. The molecule has 0 amide bonds. The molecular formula is C13H19Cl3N2. The third-order valence-electron chi connectivity index (χ3n) is 3.31. The van der Waals surface area contributed by atoms with Crippen molar-refractivity contribution in [2.24, 2.45) is 5.73 Å². The zero-order valence-corrected chi connectivity index (χ0v) is 12.7. The molecule has 0 aromatic heterocycles. The molecule has 1 atom stereocenters. The van der Waals surface area contributed by atoms with E-state index < -0.39 is 0 Å². The van der Waals surface area contributed by atoms with E-state index in [9.17, 15) is 0 Å². The first-order chi connectivity index (χ1) is 8.13. The van der Waals surface area contributed by atoms with Gasteiger partial charge in [-0.05, 0) is 43.5 Å². The van der Waals surface area contributed by atoms with Crippen molar-refractivity contribution in [2.45, 2.75) is 31.8 Å². The third-order valence-corrected chi connectivity index (χ3v) is 3.89. The van der Waals surface area contributed by atoms with Crippen LogP contribution in [0.3, 0.4) is 0 Å². The lowest BCUT2D eigenvalue weighted by molar-refractivity contribution is 0.206. The molecule has 2 rings (SSSR count). The summed E-state index contributed by atoms with van der Waals surface area (Å²) >= 11 is 12.3. The molecule has 1 fully saturated rings. The van der Waals surface area contributed by atoms with Crippen LogP contribution in [-0.2, 0) is 0 Å². The largest absolute Gasteiger partial charge is 0.329 e. The van der Waals surface area contributed by atoms with Gasteiger partial charge in [0.05, 0.1) is 0 Å². The molecule has 2 nitrogen and oxygen atoms in total. The van der Waals surface area contributed by atoms with Crippen LogP contribution in [0.1, 0.15) is 31.4 Å². The van der Waals surface area contributed by atoms with Crippen LogP contribution >= 0.6 is 35.6 Å². The third kappa shape index (κ3) is 3.75. The predicted molar refractivity (Wildman–Crippen MR) is 80.9 cm³/mol. The Kier molecular flexibility index (Phi) is 6.22. The lowest BCUT2D eigenvalue weighted by Crippen LogP contribution is -2.34. The maximum absolute atomic E-state index is 6.24. The summed E-state index contributed by atoms with van der Waals surface area (Å²) in [4.78, 5) is 2.43. The zero-order valence-electron chi connectivity index (χ0n) is 10.4. The van der Waals surface area contributed by atoms with Crippen LogP contribution in [0.25, 0.3) is 0 Å². The standard InChI is InChI=1S/C13H18Cl2N2.ClH/c1-9(17(7-6-16)11-3-4-11)12-8-10(14)2-5-13(12)15;/h2,5,8-9,11H,3-4,6-7,16H2,1H3;1H. The summed E-state index contributed by atoms with van der Waals surface area (Å²) in [5.41, 5.74) is 6.77. The molecule has 1 aromatic carbocycles. The van der Waals surface area contributed by atoms with Crippen molar-refractivity contribution in [3.8, 4) is 0 Å². The van der Waals surface area contributed by atoms with Gasteiger partial charge in [0.25, 0.3) is 0 Å². The van der Waals surface area contributed by atoms with Crippen LogP contribution < -0.4 is 5.73 Å². The summed E-state index contributed by atoms with van der Waals surface area (Å²) in [6, 6.07) is 6.59. The van der Waals surface area contributed by atoms with Crippen LogP contribution in [0, 0.1) is 0 Å². The molecule has 1 unspecified atom stereocenters. The number of halogens is 3. The summed E-state index contributed by atoms with van der Waals surface area (Å²) in [6.07, 6.45) is 2.53. The van der Waals surface area contributed by atoms with Gasteiger partial charge in [-0.2, -0.15) is 0 Å². The van der Waals surface area contributed by atoms with Gasteiger partial charge in [0.1, 0.15) is 0 Å². The summed E-state index contributed by atoms with van der Waals surface area (Å²) in [6.45, 7) is 3.76. The van der Waals surface area contributed by atoms with Gasteiger partial charge in [0.15, 0.2) is 0 Å². The molecule has 1 aliphatic rings. The van der Waals surface area contributed by atoms with E-state index in [-0.39, 0.29) is 18.4 Å². The second-order valence-electron chi connectivity index (χ2n) is 4.60. The zero-order chi connectivity index (χ0) is 12.4. The highest BCUT2D eigenvalue weighted by molar-refractivity contribution is 6.33. The Balaban J connectivity index is 0.00000162. The van der Waals surface area contributed by atoms with E-state index in [4.69, 9.17) is 28.9 Å². The maximum Gasteiger partial charge on any atom is 0.0454 e. The molecule has 0 heterocycles. The molecule has 0 spiro atoms. The molecule has 102 valence electrons. The van der Waals surface area contributed by atoms with Gasteiger partial charge in [-0.1, -0.05) is 23.2 Å². The lowest BCUT2D eigenvalue weighted by Gasteiger charge is -2.29. The number of rotatable bonds is 5. The van der Waals surface area contributed by atoms with Crippen LogP contribution in [0.2, 0.25) is 10.0 Å². The Morgan fingerprint density at radius 2 is 2.06 bits per heavy atom. The Labute approximate surface area is 125 Å². The number of benzene rings is 1. The predicted octanol–water partition coefficient (Wildman–Crippen LogP) is 3.90. The van der Waals surface area contributed by atoms with E-state index in [2.05, 4.69) is 11.8 Å². The highest BCUT2D eigenvalue weighted by Crippen LogP contribution is 2.36. The maximum atomic E-state index is 6.24. The molecule has 0 radical (unpaired) electrons. The van der Waals surface area contributed by atoms with Gasteiger partial charge < -0.3 is 5.73 Å². The molecule has 18 heavy (non-hydrogen) atoms. The van der Waals surface area contributed by atoms with Crippen LogP contribution in [-0.4, -0.2) is 24.0 Å². The summed E-state index contributed by atoms with van der Waals surface area (Å²) in [7, 11) is 0. The van der Waals surface area contributed by atoms with Gasteiger partial charge in [-0.25, -0.2) is 0 Å². The summed E-state index contributed by atoms with van der Waals surface area (Å²) < 4.78 is 0. The quantitative estimate of drug-likeness (QED) is 0.894. The highest BCUT2D eigenvalue weighted by Gasteiger charge is 2.32. The van der Waals surface area contributed by atoms with E-state index in [1.54, 1.807) is 0 Å². The Bertz CT molecular complexity index is 394. The van der Waals surface area contributed by atoms with Crippen molar-refractivity contribution in [3.05, 3.63) is 33.8 Å². The van der Waals surface area contributed by atoms with Gasteiger partial charge in [0, 0.05) is 35.2 Å². The topological polar surface area (TPSA) is 29.3 Å². The van der Waals surface area contributed by atoms with E-state index in [1.165, 1.54) is 12.8 Å². The monoisotopic (exact) mass is 308 g/mol. The Morgan fingerprint density at radius 1 is 1.39 bits per heavy atom. The van der Waals surface area contributed by atoms with Crippen molar-refractivity contribution < 1.29 is 0 Å². The number of hydrogen-bond acceptors (Lipinski definition) is 2. The molecule has 0 bridgehead atoms. The summed E-state index contributed by atoms with van der Waals surface area (Å²) in [5, 5.41) is 1.52. The van der Waals surface area contributed by atoms with E-state index in [0.29, 0.717) is 12.6 Å². The fraction of sp³-hybridized carbons (Fsp3) is 0.538. The molecule has 1 aliphatic carbocycles. The molecule has 0 saturated heterocycles. The highest BCUT2D eigenvalue weighted by atomic mass is 35.5. The van der Waals surface area contributed by atoms with Crippen molar-refractivity contribution in [3.63, 3.8) is 0 Å². The first-order valence-electron chi connectivity index (χ1n) is 6.04. The Hall–Kier alpha value is 0.01000. The van der Waals surface area contributed by atoms with Gasteiger partial charge in [-0.15, -0.1) is 12.4 Å². The SMILES string of the molecule is CC(c1cc(Cl)ccc1Cl)N(CCN)C1CC1.Cl. The lowest BCUT2D eigenvalue weighted by atomic mass is 10.1. The molecule has 5 heteroatoms. The number of hydrogen-bond donors (Lipinski definition) is 1. The van der Waals surface area contributed by atoms with Gasteiger partial charge >= 0.3 is 0 Å². The molecular weight excluding hydrogens is 291 g/mol. The van der Waals surface area contributed by atoms with Gasteiger partial charge in [0.2, 0.25) is 0 Å². The summed E-state index contributed by atoms with van der Waals surface area (Å²) in [5.74, 6) is 0. The minimum atomic E-state index is 0. The van der Waals surface area contributed by atoms with Crippen molar-refractivity contribution in [1.29, 1.82) is 0 Å². The fourth-order valence-corrected chi connectivity index (χ4v) is 2.72. The first-order valence-corrected chi connectivity index (χ1v) is 6.80. The molecule has 0 aliphatic heterocycles. The smallest absolute Gasteiger partial charge is 0.0454 e. The van der Waals surface area contributed by atoms with Crippen molar-refractivity contribution >= 4 is 35.6 Å². The molecule has 1 saturated carbocycles. The van der Waals surface area contributed by atoms with E-state index >= 15 is 0 Å². The van der Waals surface area contributed by atoms with Crippen molar-refractivity contribution in [1.82, 2.24) is 4.90 Å². The normalized spacial score (nSPS) is 16.5. The average Bonchev–Trinajstić information content (AvgIpc) is 3.12. The minimum absolute atomic E-state index is 0. The minimum Gasteiger partial charge on any atom is -0.329 e. The molecule has 1 aromatic rings. The second kappa shape index (κ2) is 6.97. The van der Waals surface area contributed by atoms with E-state index in [0.717, 1.165) is 22.2 Å². The van der Waals surface area contributed by atoms with Crippen LogP contribution in [0.5, 0.6) is 0 Å². The van der Waals surface area contributed by atoms with Crippen molar-refractivity contribution in [2.75, 3.05) is 13.1 Å². The number of nitrogens with zero attached hydrogens (tertiary/aromatic N) is 1. The van der Waals surface area contributed by atoms with Crippen LogP contribution in [0.15, 0.2) is 18.2 Å².